The lowest BCUT2D eigenvalue weighted by molar-refractivity contribution is -0.133. The Kier molecular flexibility index (Phi) is 5.20. The Hall–Kier alpha value is -2.98. The van der Waals surface area contributed by atoms with Crippen molar-refractivity contribution in [3.8, 4) is 6.07 Å². The van der Waals surface area contributed by atoms with Crippen LogP contribution >= 0.6 is 0 Å². The number of carbonyl (C=O) groups excluding carboxylic acids is 1. The molecule has 7 nitrogen and oxygen atoms in total. The lowest BCUT2D eigenvalue weighted by Gasteiger charge is -2.32. The molecule has 2 aromatic rings. The van der Waals surface area contributed by atoms with E-state index in [0.717, 1.165) is 19.6 Å². The molecule has 0 radical (unpaired) electrons. The Balaban J connectivity index is 1.66. The van der Waals surface area contributed by atoms with Crippen LogP contribution in [0, 0.1) is 30.1 Å². The number of amides is 1. The number of benzene rings is 1. The Morgan fingerprint density at radius 2 is 1.97 bits per heavy atom. The summed E-state index contributed by atoms with van der Waals surface area (Å²) in [5, 5.41) is 9.41. The summed E-state index contributed by atoms with van der Waals surface area (Å²) in [6.45, 7) is 4.80. The van der Waals surface area contributed by atoms with Crippen molar-refractivity contribution >= 4 is 11.7 Å². The van der Waals surface area contributed by atoms with Gasteiger partial charge < -0.3 is 14.7 Å². The molecular formula is C22H26N6O. The number of fused-ring (bicyclic) bond motifs is 1. The van der Waals surface area contributed by atoms with Crippen LogP contribution in [0.5, 0.6) is 0 Å². The Morgan fingerprint density at radius 1 is 1.21 bits per heavy atom. The SMILES string of the molecule is Cc1ccccc1[C@H]1[C@@H]2CN(c3nccnc3C#N)C[C@@H]2CN1C(=O)CN(C)C. The van der Waals surface area contributed by atoms with Crippen LogP contribution in [0.2, 0.25) is 0 Å². The first-order valence-corrected chi connectivity index (χ1v) is 9.95. The maximum Gasteiger partial charge on any atom is 0.237 e. The van der Waals surface area contributed by atoms with Gasteiger partial charge >= 0.3 is 0 Å². The van der Waals surface area contributed by atoms with Gasteiger partial charge in [0, 0.05) is 43.9 Å². The molecule has 0 unspecified atom stereocenters. The van der Waals surface area contributed by atoms with Gasteiger partial charge in [-0.2, -0.15) is 5.26 Å². The Bertz CT molecular complexity index is 952. The van der Waals surface area contributed by atoms with E-state index in [0.29, 0.717) is 29.9 Å². The highest BCUT2D eigenvalue weighted by atomic mass is 16.2. The minimum atomic E-state index is 0.0425. The molecule has 2 fully saturated rings. The molecule has 3 heterocycles. The van der Waals surface area contributed by atoms with Gasteiger partial charge in [-0.1, -0.05) is 24.3 Å². The van der Waals surface area contributed by atoms with Crippen molar-refractivity contribution in [1.29, 1.82) is 5.26 Å². The van der Waals surface area contributed by atoms with Crippen molar-refractivity contribution in [2.45, 2.75) is 13.0 Å². The first kappa shape index (κ1) is 19.3. The topological polar surface area (TPSA) is 76.4 Å². The van der Waals surface area contributed by atoms with E-state index in [1.807, 2.05) is 31.1 Å². The highest BCUT2D eigenvalue weighted by Gasteiger charge is 2.49. The van der Waals surface area contributed by atoms with E-state index in [9.17, 15) is 10.1 Å². The van der Waals surface area contributed by atoms with Gasteiger partial charge in [0.2, 0.25) is 5.91 Å². The lowest BCUT2D eigenvalue weighted by Crippen LogP contribution is -2.40. The average Bonchev–Trinajstić information content (AvgIpc) is 3.26. The van der Waals surface area contributed by atoms with Crippen molar-refractivity contribution in [2.24, 2.45) is 11.8 Å². The minimum Gasteiger partial charge on any atom is -0.353 e. The van der Waals surface area contributed by atoms with Crippen molar-refractivity contribution in [3.05, 3.63) is 53.5 Å². The Morgan fingerprint density at radius 3 is 2.69 bits per heavy atom. The van der Waals surface area contributed by atoms with Gasteiger partial charge in [0.15, 0.2) is 11.5 Å². The van der Waals surface area contributed by atoms with Crippen LogP contribution in [0.4, 0.5) is 5.82 Å². The third kappa shape index (κ3) is 3.56. The summed E-state index contributed by atoms with van der Waals surface area (Å²) in [6, 6.07) is 10.5. The molecule has 0 saturated carbocycles. The third-order valence-electron chi connectivity index (χ3n) is 6.03. The third-order valence-corrected chi connectivity index (χ3v) is 6.03. The van der Waals surface area contributed by atoms with Crippen LogP contribution in [0.3, 0.4) is 0 Å². The zero-order chi connectivity index (χ0) is 20.5. The number of carbonyl (C=O) groups is 1. The highest BCUT2D eigenvalue weighted by molar-refractivity contribution is 5.79. The first-order valence-electron chi connectivity index (χ1n) is 9.95. The summed E-state index contributed by atoms with van der Waals surface area (Å²) in [5.74, 6) is 1.47. The van der Waals surface area contributed by atoms with Crippen molar-refractivity contribution < 1.29 is 4.79 Å². The van der Waals surface area contributed by atoms with Gasteiger partial charge in [-0.25, -0.2) is 9.97 Å². The monoisotopic (exact) mass is 390 g/mol. The molecule has 0 bridgehead atoms. The number of anilines is 1. The summed E-state index contributed by atoms with van der Waals surface area (Å²) < 4.78 is 0. The van der Waals surface area contributed by atoms with Crippen molar-refractivity contribution in [3.63, 3.8) is 0 Å². The second-order valence-corrected chi connectivity index (χ2v) is 8.25. The van der Waals surface area contributed by atoms with E-state index in [-0.39, 0.29) is 11.9 Å². The molecule has 150 valence electrons. The lowest BCUT2D eigenvalue weighted by atomic mass is 9.87. The van der Waals surface area contributed by atoms with E-state index in [1.54, 1.807) is 12.4 Å². The maximum absolute atomic E-state index is 13.0. The van der Waals surface area contributed by atoms with Gasteiger partial charge in [-0.05, 0) is 32.1 Å². The summed E-state index contributed by atoms with van der Waals surface area (Å²) in [4.78, 5) is 27.8. The standard InChI is InChI=1S/C22H26N6O/c1-15-6-4-5-7-17(15)21-18-13-27(22-19(10-23)24-8-9-25-22)11-16(18)12-28(21)20(29)14-26(2)3/h4-9,16,18,21H,11-14H2,1-3H3/t16-,18-,21+/m1/s1. The van der Waals surface area contributed by atoms with Gasteiger partial charge in [-0.15, -0.1) is 0 Å². The molecule has 0 aliphatic carbocycles. The predicted molar refractivity (Wildman–Crippen MR) is 110 cm³/mol. The zero-order valence-electron chi connectivity index (χ0n) is 17.1. The number of rotatable bonds is 4. The number of aromatic nitrogens is 2. The molecule has 2 aliphatic heterocycles. The second kappa shape index (κ2) is 7.80. The molecule has 1 aromatic heterocycles. The number of aryl methyl sites for hydroxylation is 1. The number of hydrogen-bond donors (Lipinski definition) is 0. The summed E-state index contributed by atoms with van der Waals surface area (Å²) in [5.41, 5.74) is 2.78. The molecule has 7 heteroatoms. The summed E-state index contributed by atoms with van der Waals surface area (Å²) in [7, 11) is 3.85. The normalized spacial score (nSPS) is 23.3. The van der Waals surface area contributed by atoms with Gasteiger partial charge in [0.25, 0.3) is 0 Å². The summed E-state index contributed by atoms with van der Waals surface area (Å²) >= 11 is 0. The molecule has 0 spiro atoms. The fraction of sp³-hybridized carbons (Fsp3) is 0.455. The van der Waals surface area contributed by atoms with Crippen LogP contribution < -0.4 is 4.90 Å². The predicted octanol–water partition coefficient (Wildman–Crippen LogP) is 1.85. The van der Waals surface area contributed by atoms with Crippen LogP contribution in [0.15, 0.2) is 36.7 Å². The average molecular weight is 390 g/mol. The van der Waals surface area contributed by atoms with E-state index < -0.39 is 0 Å². The van der Waals surface area contributed by atoms with E-state index in [2.05, 4.69) is 44.9 Å². The fourth-order valence-corrected chi connectivity index (χ4v) is 4.79. The van der Waals surface area contributed by atoms with Crippen molar-refractivity contribution in [1.82, 2.24) is 19.8 Å². The molecule has 29 heavy (non-hydrogen) atoms. The van der Waals surface area contributed by atoms with Crippen LogP contribution in [0.1, 0.15) is 22.9 Å². The first-order chi connectivity index (χ1) is 14.0. The van der Waals surface area contributed by atoms with Gasteiger partial charge in [0.1, 0.15) is 6.07 Å². The number of nitrogens with zero attached hydrogens (tertiary/aromatic N) is 6. The smallest absolute Gasteiger partial charge is 0.237 e. The number of likely N-dealkylation sites (N-methyl/N-ethyl adjacent to an activating group) is 1. The maximum atomic E-state index is 13.0. The van der Waals surface area contributed by atoms with E-state index >= 15 is 0 Å². The summed E-state index contributed by atoms with van der Waals surface area (Å²) in [6.07, 6.45) is 3.19. The second-order valence-electron chi connectivity index (χ2n) is 8.25. The quantitative estimate of drug-likeness (QED) is 0.793. The van der Waals surface area contributed by atoms with E-state index in [4.69, 9.17) is 0 Å². The highest BCUT2D eigenvalue weighted by Crippen LogP contribution is 2.46. The molecule has 2 aliphatic rings. The van der Waals surface area contributed by atoms with Crippen LogP contribution in [-0.4, -0.2) is 65.9 Å². The molecule has 2 saturated heterocycles. The van der Waals surface area contributed by atoms with Gasteiger partial charge in [0.05, 0.1) is 12.6 Å². The largest absolute Gasteiger partial charge is 0.353 e. The number of hydrogen-bond acceptors (Lipinski definition) is 6. The van der Waals surface area contributed by atoms with E-state index in [1.165, 1.54) is 11.1 Å². The minimum absolute atomic E-state index is 0.0425. The van der Waals surface area contributed by atoms with Crippen LogP contribution in [0.25, 0.3) is 0 Å². The van der Waals surface area contributed by atoms with Crippen LogP contribution in [-0.2, 0) is 4.79 Å². The molecule has 1 aromatic carbocycles. The molecule has 3 atom stereocenters. The fourth-order valence-electron chi connectivity index (χ4n) is 4.79. The molecule has 1 amide bonds. The van der Waals surface area contributed by atoms with Gasteiger partial charge in [-0.3, -0.25) is 4.79 Å². The molecule has 0 N–H and O–H groups in total. The Labute approximate surface area is 171 Å². The molecular weight excluding hydrogens is 364 g/mol. The van der Waals surface area contributed by atoms with Crippen molar-refractivity contribution in [2.75, 3.05) is 45.2 Å². The number of nitriles is 1. The molecule has 4 rings (SSSR count). The zero-order valence-corrected chi connectivity index (χ0v) is 17.1. The number of likely N-dealkylation sites (tertiary alicyclic amines) is 1.